The number of likely N-dealkylation sites (N-methyl/N-ethyl adjacent to an activating group) is 2. The SMILES string of the molecule is CC(C)CN(CCN(C)C)CC(=O)N(C)CCCN. The van der Waals surface area contributed by atoms with E-state index in [2.05, 4.69) is 37.7 Å². The van der Waals surface area contributed by atoms with Crippen LogP contribution in [-0.4, -0.2) is 81.0 Å². The molecule has 0 aromatic carbocycles. The van der Waals surface area contributed by atoms with Gasteiger partial charge in [-0.2, -0.15) is 0 Å². The summed E-state index contributed by atoms with van der Waals surface area (Å²) in [5.41, 5.74) is 5.47. The van der Waals surface area contributed by atoms with Gasteiger partial charge in [-0.15, -0.1) is 0 Å². The molecule has 0 aliphatic heterocycles. The lowest BCUT2D eigenvalue weighted by atomic mass is 10.2. The molecule has 0 radical (unpaired) electrons. The molecule has 2 N–H and O–H groups in total. The van der Waals surface area contributed by atoms with Crippen LogP contribution < -0.4 is 5.73 Å². The Morgan fingerprint density at radius 1 is 1.11 bits per heavy atom. The van der Waals surface area contributed by atoms with Gasteiger partial charge in [0.05, 0.1) is 6.54 Å². The first-order chi connectivity index (χ1) is 8.86. The zero-order valence-corrected chi connectivity index (χ0v) is 13.4. The van der Waals surface area contributed by atoms with E-state index < -0.39 is 0 Å². The van der Waals surface area contributed by atoms with Crippen molar-refractivity contribution in [2.75, 3.05) is 60.4 Å². The van der Waals surface area contributed by atoms with E-state index in [1.807, 2.05) is 7.05 Å². The molecular formula is C14H32N4O. The molecule has 114 valence electrons. The van der Waals surface area contributed by atoms with Crippen LogP contribution in [0.2, 0.25) is 0 Å². The zero-order chi connectivity index (χ0) is 14.8. The largest absolute Gasteiger partial charge is 0.345 e. The van der Waals surface area contributed by atoms with Crippen molar-refractivity contribution in [2.24, 2.45) is 11.7 Å². The first-order valence-electron chi connectivity index (χ1n) is 7.18. The molecule has 0 rings (SSSR count). The maximum atomic E-state index is 12.1. The van der Waals surface area contributed by atoms with Crippen LogP contribution in [-0.2, 0) is 4.79 Å². The quantitative estimate of drug-likeness (QED) is 0.622. The van der Waals surface area contributed by atoms with Gasteiger partial charge in [-0.3, -0.25) is 9.69 Å². The highest BCUT2D eigenvalue weighted by Gasteiger charge is 2.15. The molecule has 0 bridgehead atoms. The first-order valence-corrected chi connectivity index (χ1v) is 7.18. The average Bonchev–Trinajstić information content (AvgIpc) is 2.32. The van der Waals surface area contributed by atoms with Gasteiger partial charge in [0.2, 0.25) is 5.91 Å². The van der Waals surface area contributed by atoms with Crippen LogP contribution >= 0.6 is 0 Å². The third-order valence-electron chi connectivity index (χ3n) is 2.97. The summed E-state index contributed by atoms with van der Waals surface area (Å²) in [4.78, 5) is 18.3. The minimum atomic E-state index is 0.188. The molecule has 19 heavy (non-hydrogen) atoms. The number of nitrogens with zero attached hydrogens (tertiary/aromatic N) is 3. The van der Waals surface area contributed by atoms with Crippen molar-refractivity contribution >= 4 is 5.91 Å². The second kappa shape index (κ2) is 10.2. The van der Waals surface area contributed by atoms with E-state index in [0.29, 0.717) is 19.0 Å². The molecule has 0 aromatic heterocycles. The maximum Gasteiger partial charge on any atom is 0.236 e. The summed E-state index contributed by atoms with van der Waals surface area (Å²) in [6.45, 7) is 9.13. The molecular weight excluding hydrogens is 240 g/mol. The summed E-state index contributed by atoms with van der Waals surface area (Å²) >= 11 is 0. The topological polar surface area (TPSA) is 52.8 Å². The van der Waals surface area contributed by atoms with E-state index in [1.165, 1.54) is 0 Å². The van der Waals surface area contributed by atoms with Gasteiger partial charge < -0.3 is 15.5 Å². The lowest BCUT2D eigenvalue weighted by Crippen LogP contribution is -2.42. The predicted molar refractivity (Wildman–Crippen MR) is 81.1 cm³/mol. The molecule has 5 heteroatoms. The molecule has 0 spiro atoms. The van der Waals surface area contributed by atoms with Gasteiger partial charge in [0.25, 0.3) is 0 Å². The summed E-state index contributed by atoms with van der Waals surface area (Å²) in [7, 11) is 5.98. The van der Waals surface area contributed by atoms with Crippen molar-refractivity contribution in [1.29, 1.82) is 0 Å². The highest BCUT2D eigenvalue weighted by Crippen LogP contribution is 2.00. The van der Waals surface area contributed by atoms with Crippen molar-refractivity contribution in [3.05, 3.63) is 0 Å². The van der Waals surface area contributed by atoms with Crippen molar-refractivity contribution < 1.29 is 4.79 Å². The molecule has 0 aliphatic carbocycles. The summed E-state index contributed by atoms with van der Waals surface area (Å²) < 4.78 is 0. The first kappa shape index (κ1) is 18.4. The molecule has 0 aromatic rings. The monoisotopic (exact) mass is 272 g/mol. The Bertz CT molecular complexity index is 244. The average molecular weight is 272 g/mol. The number of carbonyl (C=O) groups is 1. The Morgan fingerprint density at radius 2 is 1.74 bits per heavy atom. The Morgan fingerprint density at radius 3 is 2.21 bits per heavy atom. The van der Waals surface area contributed by atoms with E-state index in [1.54, 1.807) is 4.90 Å². The third kappa shape index (κ3) is 9.87. The number of rotatable bonds is 10. The molecule has 0 saturated heterocycles. The number of hydrogen-bond donors (Lipinski definition) is 1. The van der Waals surface area contributed by atoms with Gasteiger partial charge in [0, 0.05) is 33.2 Å². The van der Waals surface area contributed by atoms with E-state index in [4.69, 9.17) is 5.73 Å². The van der Waals surface area contributed by atoms with Crippen molar-refractivity contribution in [2.45, 2.75) is 20.3 Å². The molecule has 0 unspecified atom stereocenters. The summed E-state index contributed by atoms with van der Waals surface area (Å²) in [6, 6.07) is 0. The molecule has 1 amide bonds. The fourth-order valence-electron chi connectivity index (χ4n) is 1.86. The van der Waals surface area contributed by atoms with E-state index in [9.17, 15) is 4.79 Å². The van der Waals surface area contributed by atoms with Crippen LogP contribution in [0.4, 0.5) is 0 Å². The molecule has 0 heterocycles. The smallest absolute Gasteiger partial charge is 0.236 e. The molecule has 0 atom stereocenters. The van der Waals surface area contributed by atoms with Crippen LogP contribution in [0.3, 0.4) is 0 Å². The van der Waals surface area contributed by atoms with Crippen molar-refractivity contribution in [1.82, 2.24) is 14.7 Å². The molecule has 5 nitrogen and oxygen atoms in total. The zero-order valence-electron chi connectivity index (χ0n) is 13.4. The van der Waals surface area contributed by atoms with Gasteiger partial charge in [-0.1, -0.05) is 13.8 Å². The van der Waals surface area contributed by atoms with E-state index >= 15 is 0 Å². The normalized spacial score (nSPS) is 11.6. The number of carbonyl (C=O) groups excluding carboxylic acids is 1. The van der Waals surface area contributed by atoms with Gasteiger partial charge in [-0.25, -0.2) is 0 Å². The number of nitrogens with two attached hydrogens (primary N) is 1. The summed E-state index contributed by atoms with van der Waals surface area (Å²) in [5, 5.41) is 0. The summed E-state index contributed by atoms with van der Waals surface area (Å²) in [5.74, 6) is 0.761. The Balaban J connectivity index is 4.24. The second-order valence-corrected chi connectivity index (χ2v) is 5.89. The standard InChI is InChI=1S/C14H32N4O/c1-13(2)11-18(10-9-16(3)4)12-14(19)17(5)8-6-7-15/h13H,6-12,15H2,1-5H3. The van der Waals surface area contributed by atoms with Gasteiger partial charge in [-0.05, 0) is 33.0 Å². The Kier molecular flexibility index (Phi) is 9.83. The van der Waals surface area contributed by atoms with Gasteiger partial charge >= 0.3 is 0 Å². The fourth-order valence-corrected chi connectivity index (χ4v) is 1.86. The van der Waals surface area contributed by atoms with Crippen molar-refractivity contribution in [3.8, 4) is 0 Å². The van der Waals surface area contributed by atoms with Crippen LogP contribution in [0.1, 0.15) is 20.3 Å². The van der Waals surface area contributed by atoms with E-state index in [-0.39, 0.29) is 5.91 Å². The van der Waals surface area contributed by atoms with Crippen LogP contribution in [0.25, 0.3) is 0 Å². The predicted octanol–water partition coefficient (Wildman–Crippen LogP) is 0.313. The summed E-state index contributed by atoms with van der Waals surface area (Å²) in [6.07, 6.45) is 0.865. The molecule has 0 aliphatic rings. The highest BCUT2D eigenvalue weighted by molar-refractivity contribution is 5.77. The number of hydrogen-bond acceptors (Lipinski definition) is 4. The third-order valence-corrected chi connectivity index (χ3v) is 2.97. The van der Waals surface area contributed by atoms with Crippen LogP contribution in [0, 0.1) is 5.92 Å². The lowest BCUT2D eigenvalue weighted by molar-refractivity contribution is -0.131. The lowest BCUT2D eigenvalue weighted by Gasteiger charge is -2.27. The highest BCUT2D eigenvalue weighted by atomic mass is 16.2. The van der Waals surface area contributed by atoms with Crippen LogP contribution in [0.15, 0.2) is 0 Å². The second-order valence-electron chi connectivity index (χ2n) is 5.89. The Hall–Kier alpha value is -0.650. The van der Waals surface area contributed by atoms with Crippen LogP contribution in [0.5, 0.6) is 0 Å². The van der Waals surface area contributed by atoms with Gasteiger partial charge in [0.15, 0.2) is 0 Å². The Labute approximate surface area is 118 Å². The van der Waals surface area contributed by atoms with Gasteiger partial charge in [0.1, 0.15) is 0 Å². The fraction of sp³-hybridized carbons (Fsp3) is 0.929. The molecule has 0 fully saturated rings. The minimum Gasteiger partial charge on any atom is -0.345 e. The number of amides is 1. The minimum absolute atomic E-state index is 0.188. The maximum absolute atomic E-state index is 12.1. The molecule has 0 saturated carbocycles. The van der Waals surface area contributed by atoms with Crippen molar-refractivity contribution in [3.63, 3.8) is 0 Å². The van der Waals surface area contributed by atoms with E-state index in [0.717, 1.165) is 32.6 Å².